The summed E-state index contributed by atoms with van der Waals surface area (Å²) in [5.41, 5.74) is 4.03. The van der Waals surface area contributed by atoms with E-state index in [9.17, 15) is 5.11 Å². The number of nitrogens with zero attached hydrogens (tertiary/aromatic N) is 1. The van der Waals surface area contributed by atoms with E-state index in [1.165, 1.54) is 16.7 Å². The summed E-state index contributed by atoms with van der Waals surface area (Å²) in [6, 6.07) is 7.04. The van der Waals surface area contributed by atoms with Gasteiger partial charge in [0, 0.05) is 19.1 Å². The van der Waals surface area contributed by atoms with Crippen molar-refractivity contribution in [2.45, 2.75) is 65.0 Å². The number of aliphatic hydroxyl groups excluding tert-OH is 1. The van der Waals surface area contributed by atoms with Crippen LogP contribution in [0.15, 0.2) is 23.2 Å². The Morgan fingerprint density at radius 3 is 2.54 bits per heavy atom. The number of hydrogen-bond donors (Lipinski definition) is 3. The molecule has 2 rings (SSSR count). The molecule has 0 radical (unpaired) electrons. The van der Waals surface area contributed by atoms with E-state index in [-0.39, 0.29) is 30.1 Å². The zero-order valence-electron chi connectivity index (χ0n) is 15.1. The SMILES string of the molecule is CCNC(=NCCc1ccc(C)cc1C)NC1CCC(O)CC1.I. The van der Waals surface area contributed by atoms with Crippen LogP contribution in [0, 0.1) is 13.8 Å². The van der Waals surface area contributed by atoms with E-state index in [4.69, 9.17) is 4.99 Å². The van der Waals surface area contributed by atoms with Crippen LogP contribution in [0.1, 0.15) is 49.3 Å². The van der Waals surface area contributed by atoms with Crippen LogP contribution in [0.2, 0.25) is 0 Å². The molecule has 0 heterocycles. The van der Waals surface area contributed by atoms with E-state index in [2.05, 4.69) is 49.6 Å². The van der Waals surface area contributed by atoms with Gasteiger partial charge in [0.1, 0.15) is 0 Å². The van der Waals surface area contributed by atoms with Crippen molar-refractivity contribution in [2.24, 2.45) is 4.99 Å². The molecule has 1 saturated carbocycles. The van der Waals surface area contributed by atoms with Crippen molar-refractivity contribution in [3.05, 3.63) is 34.9 Å². The monoisotopic (exact) mass is 445 g/mol. The summed E-state index contributed by atoms with van der Waals surface area (Å²) in [5, 5.41) is 16.4. The molecular formula is C19H32IN3O. The van der Waals surface area contributed by atoms with Crippen LogP contribution < -0.4 is 10.6 Å². The predicted molar refractivity (Wildman–Crippen MR) is 112 cm³/mol. The maximum atomic E-state index is 9.60. The van der Waals surface area contributed by atoms with Crippen LogP contribution in [0.25, 0.3) is 0 Å². The molecular weight excluding hydrogens is 413 g/mol. The molecule has 1 aromatic rings. The average Bonchev–Trinajstić information content (AvgIpc) is 2.52. The molecule has 3 N–H and O–H groups in total. The van der Waals surface area contributed by atoms with Gasteiger partial charge in [-0.2, -0.15) is 0 Å². The normalized spacial score (nSPS) is 21.1. The maximum absolute atomic E-state index is 9.60. The summed E-state index contributed by atoms with van der Waals surface area (Å²) in [6.07, 6.45) is 4.66. The van der Waals surface area contributed by atoms with Crippen molar-refractivity contribution in [1.82, 2.24) is 10.6 Å². The van der Waals surface area contributed by atoms with Crippen LogP contribution in [0.3, 0.4) is 0 Å². The highest BCUT2D eigenvalue weighted by Crippen LogP contribution is 2.18. The first-order chi connectivity index (χ1) is 11.1. The van der Waals surface area contributed by atoms with E-state index in [1.807, 2.05) is 0 Å². The van der Waals surface area contributed by atoms with Gasteiger partial charge in [0.25, 0.3) is 0 Å². The minimum Gasteiger partial charge on any atom is -0.393 e. The minimum atomic E-state index is -0.114. The molecule has 0 spiro atoms. The molecule has 0 amide bonds. The van der Waals surface area contributed by atoms with Gasteiger partial charge in [0.2, 0.25) is 0 Å². The van der Waals surface area contributed by atoms with Gasteiger partial charge in [0.05, 0.1) is 6.10 Å². The van der Waals surface area contributed by atoms with Crippen molar-refractivity contribution in [1.29, 1.82) is 0 Å². The molecule has 0 bridgehead atoms. The van der Waals surface area contributed by atoms with Crippen LogP contribution in [-0.4, -0.2) is 36.3 Å². The Kier molecular flexibility index (Phi) is 9.66. The Morgan fingerprint density at radius 1 is 1.21 bits per heavy atom. The third kappa shape index (κ3) is 6.97. The third-order valence-corrected chi connectivity index (χ3v) is 4.53. The first kappa shape index (κ1) is 21.2. The highest BCUT2D eigenvalue weighted by molar-refractivity contribution is 14.0. The first-order valence-electron chi connectivity index (χ1n) is 8.87. The van der Waals surface area contributed by atoms with E-state index >= 15 is 0 Å². The number of guanidine groups is 1. The van der Waals surface area contributed by atoms with Gasteiger partial charge < -0.3 is 15.7 Å². The number of hydrogen-bond acceptors (Lipinski definition) is 2. The summed E-state index contributed by atoms with van der Waals surface area (Å²) >= 11 is 0. The summed E-state index contributed by atoms with van der Waals surface area (Å²) in [5.74, 6) is 0.902. The fourth-order valence-electron chi connectivity index (χ4n) is 3.15. The summed E-state index contributed by atoms with van der Waals surface area (Å²) < 4.78 is 0. The van der Waals surface area contributed by atoms with Gasteiger partial charge in [-0.05, 0) is 64.0 Å². The molecule has 4 nitrogen and oxygen atoms in total. The largest absolute Gasteiger partial charge is 0.393 e. The molecule has 0 atom stereocenters. The van der Waals surface area contributed by atoms with Crippen molar-refractivity contribution in [3.8, 4) is 0 Å². The molecule has 24 heavy (non-hydrogen) atoms. The molecule has 1 aliphatic carbocycles. The van der Waals surface area contributed by atoms with Crippen LogP contribution >= 0.6 is 24.0 Å². The second kappa shape index (κ2) is 10.9. The highest BCUT2D eigenvalue weighted by Gasteiger charge is 2.19. The molecule has 1 aromatic carbocycles. The molecule has 0 aromatic heterocycles. The maximum Gasteiger partial charge on any atom is 0.191 e. The number of aliphatic hydroxyl groups is 1. The summed E-state index contributed by atoms with van der Waals surface area (Å²) in [7, 11) is 0. The van der Waals surface area contributed by atoms with Gasteiger partial charge in [-0.1, -0.05) is 23.8 Å². The van der Waals surface area contributed by atoms with Gasteiger partial charge in [0.15, 0.2) is 5.96 Å². The quantitative estimate of drug-likeness (QED) is 0.370. The lowest BCUT2D eigenvalue weighted by molar-refractivity contribution is 0.120. The standard InChI is InChI=1S/C19H31N3O.HI/c1-4-20-19(22-17-7-9-18(23)10-8-17)21-12-11-16-6-5-14(2)13-15(16)3;/h5-6,13,17-18,23H,4,7-12H2,1-3H3,(H2,20,21,22);1H. The molecule has 0 aliphatic heterocycles. The van der Waals surface area contributed by atoms with Crippen LogP contribution in [0.5, 0.6) is 0 Å². The van der Waals surface area contributed by atoms with E-state index in [0.29, 0.717) is 6.04 Å². The minimum absolute atomic E-state index is 0. The van der Waals surface area contributed by atoms with Crippen molar-refractivity contribution < 1.29 is 5.11 Å². The van der Waals surface area contributed by atoms with Crippen molar-refractivity contribution in [3.63, 3.8) is 0 Å². The van der Waals surface area contributed by atoms with E-state index < -0.39 is 0 Å². The fourth-order valence-corrected chi connectivity index (χ4v) is 3.15. The van der Waals surface area contributed by atoms with E-state index in [0.717, 1.165) is 51.2 Å². The third-order valence-electron chi connectivity index (χ3n) is 4.53. The number of rotatable bonds is 5. The summed E-state index contributed by atoms with van der Waals surface area (Å²) in [6.45, 7) is 8.04. The number of benzene rings is 1. The number of nitrogens with one attached hydrogen (secondary N) is 2. The Bertz CT molecular complexity index is 525. The van der Waals surface area contributed by atoms with Gasteiger partial charge in [-0.3, -0.25) is 4.99 Å². The highest BCUT2D eigenvalue weighted by atomic mass is 127. The molecule has 1 fully saturated rings. The van der Waals surface area contributed by atoms with Gasteiger partial charge in [-0.15, -0.1) is 24.0 Å². The summed E-state index contributed by atoms with van der Waals surface area (Å²) in [4.78, 5) is 4.72. The fraction of sp³-hybridized carbons (Fsp3) is 0.632. The topological polar surface area (TPSA) is 56.7 Å². The molecule has 136 valence electrons. The van der Waals surface area contributed by atoms with Gasteiger partial charge in [-0.25, -0.2) is 0 Å². The smallest absolute Gasteiger partial charge is 0.191 e. The van der Waals surface area contributed by atoms with Gasteiger partial charge >= 0.3 is 0 Å². The Labute approximate surface area is 163 Å². The average molecular weight is 445 g/mol. The molecule has 0 saturated heterocycles. The Morgan fingerprint density at radius 2 is 1.92 bits per heavy atom. The molecule has 0 unspecified atom stereocenters. The van der Waals surface area contributed by atoms with Crippen LogP contribution in [0.4, 0.5) is 0 Å². The lowest BCUT2D eigenvalue weighted by Gasteiger charge is -2.27. The Hall–Kier alpha value is -0.820. The predicted octanol–water partition coefficient (Wildman–Crippen LogP) is 3.32. The number of aliphatic imine (C=N–C) groups is 1. The number of aryl methyl sites for hydroxylation is 2. The second-order valence-electron chi connectivity index (χ2n) is 6.59. The zero-order chi connectivity index (χ0) is 16.7. The lowest BCUT2D eigenvalue weighted by atomic mass is 9.93. The van der Waals surface area contributed by atoms with Crippen molar-refractivity contribution >= 4 is 29.9 Å². The molecule has 1 aliphatic rings. The zero-order valence-corrected chi connectivity index (χ0v) is 17.5. The number of halogens is 1. The second-order valence-corrected chi connectivity index (χ2v) is 6.59. The van der Waals surface area contributed by atoms with Crippen molar-refractivity contribution in [2.75, 3.05) is 13.1 Å². The van der Waals surface area contributed by atoms with E-state index in [1.54, 1.807) is 0 Å². The lowest BCUT2D eigenvalue weighted by Crippen LogP contribution is -2.45. The Balaban J connectivity index is 0.00000288. The first-order valence-corrected chi connectivity index (χ1v) is 8.87. The molecule has 5 heteroatoms. The van der Waals surface area contributed by atoms with Crippen LogP contribution in [-0.2, 0) is 6.42 Å².